The quantitative estimate of drug-likeness (QED) is 0.875. The van der Waals surface area contributed by atoms with Gasteiger partial charge in [-0.25, -0.2) is 4.98 Å². The van der Waals surface area contributed by atoms with Crippen LogP contribution in [0, 0.1) is 0 Å². The standard InChI is InChI=1S/C14H18N4O/c1-14(2,15)13(19)17-12-5-3-4-11(8-12)9-18-7-6-16-10-18/h3-8,10H,9,15H2,1-2H3,(H,17,19). The van der Waals surface area contributed by atoms with Crippen LogP contribution in [0.2, 0.25) is 0 Å². The summed E-state index contributed by atoms with van der Waals surface area (Å²) in [5.74, 6) is -0.202. The number of anilines is 1. The second-order valence-corrected chi connectivity index (χ2v) is 5.11. The van der Waals surface area contributed by atoms with Gasteiger partial charge in [0.25, 0.3) is 0 Å². The van der Waals surface area contributed by atoms with Crippen LogP contribution in [-0.2, 0) is 11.3 Å². The third-order valence-corrected chi connectivity index (χ3v) is 2.69. The summed E-state index contributed by atoms with van der Waals surface area (Å²) in [6.07, 6.45) is 5.39. The third kappa shape index (κ3) is 3.66. The van der Waals surface area contributed by atoms with E-state index in [-0.39, 0.29) is 5.91 Å². The highest BCUT2D eigenvalue weighted by Crippen LogP contribution is 2.13. The molecule has 3 N–H and O–H groups in total. The SMILES string of the molecule is CC(C)(N)C(=O)Nc1cccc(Cn2ccnc2)c1. The molecular formula is C14H18N4O. The Morgan fingerprint density at radius 2 is 2.26 bits per heavy atom. The minimum Gasteiger partial charge on any atom is -0.333 e. The van der Waals surface area contributed by atoms with Gasteiger partial charge >= 0.3 is 0 Å². The smallest absolute Gasteiger partial charge is 0.243 e. The van der Waals surface area contributed by atoms with Gasteiger partial charge in [0.05, 0.1) is 11.9 Å². The maximum Gasteiger partial charge on any atom is 0.243 e. The Morgan fingerprint density at radius 1 is 1.47 bits per heavy atom. The molecule has 2 rings (SSSR count). The van der Waals surface area contributed by atoms with Crippen molar-refractivity contribution >= 4 is 11.6 Å². The van der Waals surface area contributed by atoms with Crippen LogP contribution < -0.4 is 11.1 Å². The number of imidazole rings is 1. The molecule has 0 aliphatic heterocycles. The van der Waals surface area contributed by atoms with Crippen LogP contribution in [0.25, 0.3) is 0 Å². The Kier molecular flexibility index (Phi) is 3.66. The minimum atomic E-state index is -0.889. The summed E-state index contributed by atoms with van der Waals surface area (Å²) in [6, 6.07) is 7.69. The third-order valence-electron chi connectivity index (χ3n) is 2.69. The summed E-state index contributed by atoms with van der Waals surface area (Å²) in [4.78, 5) is 15.8. The molecular weight excluding hydrogens is 240 g/mol. The highest BCUT2D eigenvalue weighted by Gasteiger charge is 2.21. The van der Waals surface area contributed by atoms with Crippen molar-refractivity contribution < 1.29 is 4.79 Å². The first-order valence-electron chi connectivity index (χ1n) is 6.10. The van der Waals surface area contributed by atoms with E-state index < -0.39 is 5.54 Å². The number of hydrogen-bond donors (Lipinski definition) is 2. The van der Waals surface area contributed by atoms with Gasteiger partial charge < -0.3 is 15.6 Å². The number of nitrogens with one attached hydrogen (secondary N) is 1. The molecule has 1 aromatic carbocycles. The van der Waals surface area contributed by atoms with Crippen molar-refractivity contribution in [1.82, 2.24) is 9.55 Å². The number of nitrogens with two attached hydrogens (primary N) is 1. The summed E-state index contributed by atoms with van der Waals surface area (Å²) >= 11 is 0. The van der Waals surface area contributed by atoms with Gasteiger partial charge in [-0.05, 0) is 31.5 Å². The minimum absolute atomic E-state index is 0.202. The van der Waals surface area contributed by atoms with E-state index in [4.69, 9.17) is 5.73 Å². The van der Waals surface area contributed by atoms with E-state index in [9.17, 15) is 4.79 Å². The highest BCUT2D eigenvalue weighted by molar-refractivity contribution is 5.97. The zero-order valence-corrected chi connectivity index (χ0v) is 11.1. The van der Waals surface area contributed by atoms with Crippen molar-refractivity contribution in [2.75, 3.05) is 5.32 Å². The Balaban J connectivity index is 2.09. The number of carbonyl (C=O) groups excluding carboxylic acids is 1. The fraction of sp³-hybridized carbons (Fsp3) is 0.286. The van der Waals surface area contributed by atoms with Crippen molar-refractivity contribution in [3.8, 4) is 0 Å². The fourth-order valence-corrected chi connectivity index (χ4v) is 1.63. The summed E-state index contributed by atoms with van der Waals surface area (Å²) in [6.45, 7) is 4.07. The van der Waals surface area contributed by atoms with Gasteiger partial charge in [0.1, 0.15) is 0 Å². The zero-order valence-electron chi connectivity index (χ0n) is 11.1. The molecule has 0 aliphatic carbocycles. The number of nitrogens with zero attached hydrogens (tertiary/aromatic N) is 2. The molecule has 1 aromatic heterocycles. The lowest BCUT2D eigenvalue weighted by atomic mass is 10.1. The molecule has 0 radical (unpaired) electrons. The van der Waals surface area contributed by atoms with Gasteiger partial charge in [0.2, 0.25) is 5.91 Å². The summed E-state index contributed by atoms with van der Waals surface area (Å²) < 4.78 is 1.97. The number of rotatable bonds is 4. The highest BCUT2D eigenvalue weighted by atomic mass is 16.2. The number of amides is 1. The van der Waals surface area contributed by atoms with Gasteiger partial charge in [-0.15, -0.1) is 0 Å². The van der Waals surface area contributed by atoms with Gasteiger partial charge in [-0.1, -0.05) is 12.1 Å². The average Bonchev–Trinajstić information content (AvgIpc) is 2.81. The van der Waals surface area contributed by atoms with E-state index in [2.05, 4.69) is 10.3 Å². The van der Waals surface area contributed by atoms with Gasteiger partial charge in [-0.2, -0.15) is 0 Å². The van der Waals surface area contributed by atoms with Gasteiger partial charge in [0, 0.05) is 24.6 Å². The van der Waals surface area contributed by atoms with E-state index in [0.29, 0.717) is 0 Å². The van der Waals surface area contributed by atoms with E-state index in [1.54, 1.807) is 26.4 Å². The topological polar surface area (TPSA) is 72.9 Å². The fourth-order valence-electron chi connectivity index (χ4n) is 1.63. The van der Waals surface area contributed by atoms with Crippen LogP contribution in [0.4, 0.5) is 5.69 Å². The summed E-state index contributed by atoms with van der Waals surface area (Å²) in [5, 5.41) is 2.81. The van der Waals surface area contributed by atoms with E-state index in [1.807, 2.05) is 35.0 Å². The predicted octanol–water partition coefficient (Wildman–Crippen LogP) is 1.61. The van der Waals surface area contributed by atoms with Crippen LogP contribution >= 0.6 is 0 Å². The molecule has 0 atom stereocenters. The lowest BCUT2D eigenvalue weighted by Crippen LogP contribution is -2.45. The summed E-state index contributed by atoms with van der Waals surface area (Å²) in [7, 11) is 0. The Hall–Kier alpha value is -2.14. The Bertz CT molecular complexity index is 555. The van der Waals surface area contributed by atoms with Crippen LogP contribution in [0.5, 0.6) is 0 Å². The van der Waals surface area contributed by atoms with E-state index in [0.717, 1.165) is 17.8 Å². The van der Waals surface area contributed by atoms with Crippen molar-refractivity contribution in [2.45, 2.75) is 25.9 Å². The number of hydrogen-bond acceptors (Lipinski definition) is 3. The van der Waals surface area contributed by atoms with E-state index >= 15 is 0 Å². The molecule has 0 saturated carbocycles. The molecule has 19 heavy (non-hydrogen) atoms. The zero-order chi connectivity index (χ0) is 13.9. The molecule has 2 aromatic rings. The molecule has 1 heterocycles. The average molecular weight is 258 g/mol. The molecule has 0 unspecified atom stereocenters. The molecule has 0 aliphatic rings. The first kappa shape index (κ1) is 13.3. The van der Waals surface area contributed by atoms with Crippen LogP contribution in [0.1, 0.15) is 19.4 Å². The molecule has 0 fully saturated rings. The van der Waals surface area contributed by atoms with Gasteiger partial charge in [-0.3, -0.25) is 4.79 Å². The van der Waals surface area contributed by atoms with Crippen molar-refractivity contribution in [1.29, 1.82) is 0 Å². The number of benzene rings is 1. The molecule has 0 saturated heterocycles. The number of carbonyl (C=O) groups is 1. The Morgan fingerprint density at radius 3 is 2.89 bits per heavy atom. The second-order valence-electron chi connectivity index (χ2n) is 5.11. The lowest BCUT2D eigenvalue weighted by molar-refractivity contribution is -0.120. The lowest BCUT2D eigenvalue weighted by Gasteiger charge is -2.18. The molecule has 1 amide bonds. The molecule has 5 nitrogen and oxygen atoms in total. The van der Waals surface area contributed by atoms with Gasteiger partial charge in [0.15, 0.2) is 0 Å². The van der Waals surface area contributed by atoms with Crippen LogP contribution in [0.15, 0.2) is 43.0 Å². The molecule has 0 spiro atoms. The molecule has 100 valence electrons. The summed E-state index contributed by atoms with van der Waals surface area (Å²) in [5.41, 5.74) is 6.70. The van der Waals surface area contributed by atoms with Crippen LogP contribution in [0.3, 0.4) is 0 Å². The Labute approximate surface area is 112 Å². The van der Waals surface area contributed by atoms with Crippen LogP contribution in [-0.4, -0.2) is 21.0 Å². The predicted molar refractivity (Wildman–Crippen MR) is 74.7 cm³/mol. The molecule has 5 heteroatoms. The second kappa shape index (κ2) is 5.24. The maximum absolute atomic E-state index is 11.8. The first-order valence-corrected chi connectivity index (χ1v) is 6.10. The largest absolute Gasteiger partial charge is 0.333 e. The first-order chi connectivity index (χ1) is 8.95. The normalized spacial score (nSPS) is 11.3. The molecule has 0 bridgehead atoms. The number of aromatic nitrogens is 2. The van der Waals surface area contributed by atoms with Crippen molar-refractivity contribution in [3.63, 3.8) is 0 Å². The monoisotopic (exact) mass is 258 g/mol. The van der Waals surface area contributed by atoms with Crippen molar-refractivity contribution in [2.24, 2.45) is 5.73 Å². The van der Waals surface area contributed by atoms with Crippen molar-refractivity contribution in [3.05, 3.63) is 48.5 Å². The maximum atomic E-state index is 11.8. The van der Waals surface area contributed by atoms with E-state index in [1.165, 1.54) is 0 Å².